The SMILES string of the molecule is Cn1cc(-c2ccc(C#N)nc2)cn1. The molecular formula is C10H8N4. The van der Waals surface area contributed by atoms with Crippen LogP contribution in [-0.2, 0) is 7.05 Å². The fourth-order valence-electron chi connectivity index (χ4n) is 1.20. The summed E-state index contributed by atoms with van der Waals surface area (Å²) < 4.78 is 1.73. The summed E-state index contributed by atoms with van der Waals surface area (Å²) >= 11 is 0. The largest absolute Gasteiger partial charge is 0.275 e. The van der Waals surface area contributed by atoms with E-state index in [0.717, 1.165) is 11.1 Å². The van der Waals surface area contributed by atoms with Gasteiger partial charge in [-0.05, 0) is 12.1 Å². The van der Waals surface area contributed by atoms with Gasteiger partial charge in [-0.2, -0.15) is 10.4 Å². The number of aryl methyl sites for hydroxylation is 1. The Morgan fingerprint density at radius 3 is 2.64 bits per heavy atom. The molecule has 2 rings (SSSR count). The predicted molar refractivity (Wildman–Crippen MR) is 51.2 cm³/mol. The highest BCUT2D eigenvalue weighted by Crippen LogP contribution is 2.16. The van der Waals surface area contributed by atoms with Crippen molar-refractivity contribution in [1.29, 1.82) is 5.26 Å². The van der Waals surface area contributed by atoms with E-state index in [-0.39, 0.29) is 0 Å². The van der Waals surface area contributed by atoms with Crippen molar-refractivity contribution in [2.75, 3.05) is 0 Å². The quantitative estimate of drug-likeness (QED) is 0.672. The van der Waals surface area contributed by atoms with Gasteiger partial charge in [0.15, 0.2) is 0 Å². The van der Waals surface area contributed by atoms with E-state index in [4.69, 9.17) is 5.26 Å². The van der Waals surface area contributed by atoms with Crippen molar-refractivity contribution in [3.8, 4) is 17.2 Å². The molecule has 4 heteroatoms. The molecule has 0 aliphatic heterocycles. The summed E-state index contributed by atoms with van der Waals surface area (Å²) in [5.41, 5.74) is 2.40. The second kappa shape index (κ2) is 3.30. The third kappa shape index (κ3) is 1.48. The molecule has 0 saturated heterocycles. The van der Waals surface area contributed by atoms with Crippen LogP contribution in [0, 0.1) is 11.3 Å². The van der Waals surface area contributed by atoms with Gasteiger partial charge in [-0.25, -0.2) is 4.98 Å². The average Bonchev–Trinajstić information content (AvgIpc) is 2.65. The molecule has 0 unspecified atom stereocenters. The first-order valence-corrected chi connectivity index (χ1v) is 4.15. The second-order valence-corrected chi connectivity index (χ2v) is 2.95. The molecule has 14 heavy (non-hydrogen) atoms. The van der Waals surface area contributed by atoms with Crippen LogP contribution in [0.5, 0.6) is 0 Å². The molecule has 0 amide bonds. The lowest BCUT2D eigenvalue weighted by Gasteiger charge is -1.94. The molecule has 0 fully saturated rings. The van der Waals surface area contributed by atoms with E-state index in [9.17, 15) is 0 Å². The van der Waals surface area contributed by atoms with Gasteiger partial charge in [0, 0.05) is 30.6 Å². The first-order valence-electron chi connectivity index (χ1n) is 4.15. The molecule has 0 bridgehead atoms. The Bertz CT molecular complexity index is 476. The third-order valence-corrected chi connectivity index (χ3v) is 1.92. The molecule has 0 radical (unpaired) electrons. The topological polar surface area (TPSA) is 54.5 Å². The van der Waals surface area contributed by atoms with E-state index >= 15 is 0 Å². The lowest BCUT2D eigenvalue weighted by molar-refractivity contribution is 0.768. The minimum Gasteiger partial charge on any atom is -0.275 e. The summed E-state index contributed by atoms with van der Waals surface area (Å²) in [4.78, 5) is 3.98. The Labute approximate surface area is 81.4 Å². The van der Waals surface area contributed by atoms with Gasteiger partial charge in [0.1, 0.15) is 11.8 Å². The Kier molecular flexibility index (Phi) is 1.99. The summed E-state index contributed by atoms with van der Waals surface area (Å²) in [5, 5.41) is 12.6. The predicted octanol–water partition coefficient (Wildman–Crippen LogP) is 1.35. The van der Waals surface area contributed by atoms with Gasteiger partial charge in [-0.1, -0.05) is 0 Å². The van der Waals surface area contributed by atoms with Crippen molar-refractivity contribution in [2.24, 2.45) is 7.05 Å². The van der Waals surface area contributed by atoms with Crippen LogP contribution in [0.2, 0.25) is 0 Å². The minimum absolute atomic E-state index is 0.428. The number of hydrogen-bond donors (Lipinski definition) is 0. The lowest BCUT2D eigenvalue weighted by Crippen LogP contribution is -1.84. The summed E-state index contributed by atoms with van der Waals surface area (Å²) in [6.45, 7) is 0. The van der Waals surface area contributed by atoms with Crippen LogP contribution in [-0.4, -0.2) is 14.8 Å². The number of nitrogens with zero attached hydrogens (tertiary/aromatic N) is 4. The number of nitriles is 1. The van der Waals surface area contributed by atoms with Crippen molar-refractivity contribution < 1.29 is 0 Å². The first-order chi connectivity index (χ1) is 6.79. The van der Waals surface area contributed by atoms with Crippen molar-refractivity contribution >= 4 is 0 Å². The number of hydrogen-bond acceptors (Lipinski definition) is 3. The zero-order chi connectivity index (χ0) is 9.97. The fourth-order valence-corrected chi connectivity index (χ4v) is 1.20. The molecule has 0 N–H and O–H groups in total. The van der Waals surface area contributed by atoms with E-state index < -0.39 is 0 Å². The molecule has 2 heterocycles. The zero-order valence-electron chi connectivity index (χ0n) is 7.68. The molecule has 68 valence electrons. The summed E-state index contributed by atoms with van der Waals surface area (Å²) in [7, 11) is 1.86. The van der Waals surface area contributed by atoms with Crippen LogP contribution >= 0.6 is 0 Å². The minimum atomic E-state index is 0.428. The number of rotatable bonds is 1. The maximum atomic E-state index is 8.57. The molecule has 2 aromatic heterocycles. The smallest absolute Gasteiger partial charge is 0.140 e. The third-order valence-electron chi connectivity index (χ3n) is 1.92. The van der Waals surface area contributed by atoms with Crippen LogP contribution in [0.15, 0.2) is 30.7 Å². The van der Waals surface area contributed by atoms with Crippen LogP contribution < -0.4 is 0 Å². The van der Waals surface area contributed by atoms with Gasteiger partial charge < -0.3 is 0 Å². The highest BCUT2D eigenvalue weighted by atomic mass is 15.2. The Hall–Kier alpha value is -2.15. The summed E-state index contributed by atoms with van der Waals surface area (Å²) in [5.74, 6) is 0. The summed E-state index contributed by atoms with van der Waals surface area (Å²) in [6.07, 6.45) is 5.35. The van der Waals surface area contributed by atoms with Crippen LogP contribution in [0.3, 0.4) is 0 Å². The molecular weight excluding hydrogens is 176 g/mol. The van der Waals surface area contributed by atoms with Crippen molar-refractivity contribution in [3.05, 3.63) is 36.4 Å². The Morgan fingerprint density at radius 2 is 2.14 bits per heavy atom. The van der Waals surface area contributed by atoms with Gasteiger partial charge in [0.25, 0.3) is 0 Å². The fraction of sp³-hybridized carbons (Fsp3) is 0.100. The van der Waals surface area contributed by atoms with Crippen LogP contribution in [0.1, 0.15) is 5.69 Å². The molecule has 2 aromatic rings. The molecule has 0 saturated carbocycles. The van der Waals surface area contributed by atoms with Gasteiger partial charge in [-0.3, -0.25) is 4.68 Å². The molecule has 0 aliphatic rings. The Balaban J connectivity index is 2.39. The maximum Gasteiger partial charge on any atom is 0.140 e. The average molecular weight is 184 g/mol. The molecule has 0 aliphatic carbocycles. The number of pyridine rings is 1. The van der Waals surface area contributed by atoms with Crippen molar-refractivity contribution in [1.82, 2.24) is 14.8 Å². The molecule has 4 nitrogen and oxygen atoms in total. The monoisotopic (exact) mass is 184 g/mol. The van der Waals surface area contributed by atoms with E-state index in [1.807, 2.05) is 25.4 Å². The number of aromatic nitrogens is 3. The van der Waals surface area contributed by atoms with E-state index in [0.29, 0.717) is 5.69 Å². The van der Waals surface area contributed by atoms with Crippen LogP contribution in [0.4, 0.5) is 0 Å². The standard InChI is InChI=1S/C10H8N4/c1-14-7-9(6-13-14)8-2-3-10(4-11)12-5-8/h2-3,5-7H,1H3. The summed E-state index contributed by atoms with van der Waals surface area (Å²) in [6, 6.07) is 5.54. The second-order valence-electron chi connectivity index (χ2n) is 2.95. The van der Waals surface area contributed by atoms with Gasteiger partial charge in [0.2, 0.25) is 0 Å². The lowest BCUT2D eigenvalue weighted by atomic mass is 10.1. The van der Waals surface area contributed by atoms with Gasteiger partial charge >= 0.3 is 0 Å². The van der Waals surface area contributed by atoms with Crippen molar-refractivity contribution in [2.45, 2.75) is 0 Å². The zero-order valence-corrected chi connectivity index (χ0v) is 7.68. The molecule has 0 aromatic carbocycles. The normalized spacial score (nSPS) is 9.71. The van der Waals surface area contributed by atoms with E-state index in [1.165, 1.54) is 0 Å². The van der Waals surface area contributed by atoms with Gasteiger partial charge in [0.05, 0.1) is 6.20 Å². The highest BCUT2D eigenvalue weighted by molar-refractivity contribution is 5.60. The molecule has 0 spiro atoms. The molecule has 0 atom stereocenters. The first kappa shape index (κ1) is 8.45. The van der Waals surface area contributed by atoms with Crippen LogP contribution in [0.25, 0.3) is 11.1 Å². The highest BCUT2D eigenvalue weighted by Gasteiger charge is 2.00. The van der Waals surface area contributed by atoms with E-state index in [1.54, 1.807) is 23.1 Å². The van der Waals surface area contributed by atoms with Gasteiger partial charge in [-0.15, -0.1) is 0 Å². The Morgan fingerprint density at radius 1 is 1.29 bits per heavy atom. The van der Waals surface area contributed by atoms with E-state index in [2.05, 4.69) is 10.1 Å². The van der Waals surface area contributed by atoms with Crippen molar-refractivity contribution in [3.63, 3.8) is 0 Å². The maximum absolute atomic E-state index is 8.57.